The van der Waals surface area contributed by atoms with Gasteiger partial charge in [-0.05, 0) is 30.7 Å². The van der Waals surface area contributed by atoms with E-state index in [0.717, 1.165) is 0 Å². The first-order valence-corrected chi connectivity index (χ1v) is 5.95. The highest BCUT2D eigenvalue weighted by Crippen LogP contribution is 2.11. The third kappa shape index (κ3) is 4.05. The predicted molar refractivity (Wildman–Crippen MR) is 69.3 cm³/mol. The number of carbonyl (C=O) groups excluding carboxylic acids is 2. The molecular formula is C14H18FNO3. The second-order valence-corrected chi connectivity index (χ2v) is 4.63. The van der Waals surface area contributed by atoms with Crippen molar-refractivity contribution in [3.8, 4) is 0 Å². The summed E-state index contributed by atoms with van der Waals surface area (Å²) in [6.45, 7) is 3.62. The molecule has 1 atom stereocenters. The molecule has 0 aliphatic carbocycles. The molecule has 19 heavy (non-hydrogen) atoms. The van der Waals surface area contributed by atoms with E-state index in [1.165, 1.54) is 24.1 Å². The number of hydrogen-bond donors (Lipinski definition) is 0. The monoisotopic (exact) mass is 267 g/mol. The van der Waals surface area contributed by atoms with E-state index >= 15 is 0 Å². The van der Waals surface area contributed by atoms with Crippen LogP contribution in [-0.2, 0) is 9.53 Å². The Morgan fingerprint density at radius 3 is 2.53 bits per heavy atom. The van der Waals surface area contributed by atoms with Crippen LogP contribution in [0.15, 0.2) is 18.2 Å². The Morgan fingerprint density at radius 1 is 1.37 bits per heavy atom. The van der Waals surface area contributed by atoms with E-state index in [0.29, 0.717) is 5.56 Å². The molecule has 104 valence electrons. The number of hydrogen-bond acceptors (Lipinski definition) is 3. The number of amides is 1. The van der Waals surface area contributed by atoms with Crippen LogP contribution in [0.1, 0.15) is 22.8 Å². The zero-order chi connectivity index (χ0) is 14.6. The molecule has 0 aromatic heterocycles. The van der Waals surface area contributed by atoms with Gasteiger partial charge in [0.25, 0.3) is 5.91 Å². The molecule has 0 radical (unpaired) electrons. The van der Waals surface area contributed by atoms with E-state index in [9.17, 15) is 14.0 Å². The van der Waals surface area contributed by atoms with Crippen molar-refractivity contribution < 1.29 is 18.7 Å². The van der Waals surface area contributed by atoms with Gasteiger partial charge in [-0.15, -0.1) is 0 Å². The van der Waals surface area contributed by atoms with Gasteiger partial charge in [-0.1, -0.05) is 6.92 Å². The number of halogens is 1. The molecule has 0 saturated heterocycles. The van der Waals surface area contributed by atoms with Gasteiger partial charge in [0.05, 0.1) is 13.0 Å². The van der Waals surface area contributed by atoms with Crippen LogP contribution in [0.4, 0.5) is 4.39 Å². The summed E-state index contributed by atoms with van der Waals surface area (Å²) >= 11 is 0. The largest absolute Gasteiger partial charge is 0.469 e. The maximum absolute atomic E-state index is 13.3. The van der Waals surface area contributed by atoms with Crippen LogP contribution < -0.4 is 0 Å². The molecule has 0 aliphatic heterocycles. The van der Waals surface area contributed by atoms with Gasteiger partial charge in [0.2, 0.25) is 0 Å². The van der Waals surface area contributed by atoms with Crippen LogP contribution >= 0.6 is 0 Å². The number of aryl methyl sites for hydroxylation is 1. The smallest absolute Gasteiger partial charge is 0.310 e. The molecule has 1 amide bonds. The average molecular weight is 267 g/mol. The quantitative estimate of drug-likeness (QED) is 0.784. The van der Waals surface area contributed by atoms with Gasteiger partial charge in [0, 0.05) is 19.2 Å². The molecule has 0 heterocycles. The Kier molecular flexibility index (Phi) is 5.03. The van der Waals surface area contributed by atoms with Crippen LogP contribution in [0.3, 0.4) is 0 Å². The summed E-state index contributed by atoms with van der Waals surface area (Å²) in [5.74, 6) is -1.57. The molecule has 0 bridgehead atoms. The molecule has 1 aromatic carbocycles. The van der Waals surface area contributed by atoms with E-state index in [-0.39, 0.29) is 24.0 Å². The highest BCUT2D eigenvalue weighted by atomic mass is 19.1. The predicted octanol–water partition coefficient (Wildman–Crippen LogP) is 2.02. The maximum Gasteiger partial charge on any atom is 0.310 e. The summed E-state index contributed by atoms with van der Waals surface area (Å²) in [5, 5.41) is 0. The van der Waals surface area contributed by atoms with Crippen molar-refractivity contribution in [2.45, 2.75) is 13.8 Å². The Labute approximate surface area is 112 Å². The lowest BCUT2D eigenvalue weighted by Gasteiger charge is -2.20. The van der Waals surface area contributed by atoms with Gasteiger partial charge < -0.3 is 9.64 Å². The molecule has 0 N–H and O–H groups in total. The summed E-state index contributed by atoms with van der Waals surface area (Å²) in [4.78, 5) is 24.8. The average Bonchev–Trinajstić information content (AvgIpc) is 2.35. The van der Waals surface area contributed by atoms with Gasteiger partial charge in [-0.3, -0.25) is 9.59 Å². The first-order chi connectivity index (χ1) is 8.85. The first-order valence-electron chi connectivity index (χ1n) is 5.95. The van der Waals surface area contributed by atoms with E-state index in [1.807, 2.05) is 0 Å². The third-order valence-corrected chi connectivity index (χ3v) is 2.79. The lowest BCUT2D eigenvalue weighted by atomic mass is 10.1. The van der Waals surface area contributed by atoms with E-state index in [2.05, 4.69) is 4.74 Å². The SMILES string of the molecule is COC(=O)C(C)CN(C)C(=O)c1cc(C)cc(F)c1. The van der Waals surface area contributed by atoms with Crippen LogP contribution in [-0.4, -0.2) is 37.5 Å². The Hall–Kier alpha value is -1.91. The highest BCUT2D eigenvalue weighted by molar-refractivity contribution is 5.94. The van der Waals surface area contributed by atoms with Crippen LogP contribution in [0, 0.1) is 18.7 Å². The molecule has 1 aromatic rings. The summed E-state index contributed by atoms with van der Waals surface area (Å²) in [6.07, 6.45) is 0. The zero-order valence-corrected chi connectivity index (χ0v) is 11.6. The topological polar surface area (TPSA) is 46.6 Å². The minimum absolute atomic E-state index is 0.223. The Bertz CT molecular complexity index is 467. The van der Waals surface area contributed by atoms with Crippen molar-refractivity contribution in [1.29, 1.82) is 0 Å². The Balaban J connectivity index is 2.79. The van der Waals surface area contributed by atoms with Crippen LogP contribution in [0.5, 0.6) is 0 Å². The molecule has 0 saturated carbocycles. The van der Waals surface area contributed by atoms with Crippen molar-refractivity contribution in [2.75, 3.05) is 20.7 Å². The number of nitrogens with zero attached hydrogens (tertiary/aromatic N) is 1. The van der Waals surface area contributed by atoms with Crippen molar-refractivity contribution in [1.82, 2.24) is 4.90 Å². The van der Waals surface area contributed by atoms with E-state index in [4.69, 9.17) is 0 Å². The highest BCUT2D eigenvalue weighted by Gasteiger charge is 2.20. The molecule has 5 heteroatoms. The molecule has 4 nitrogen and oxygen atoms in total. The lowest BCUT2D eigenvalue weighted by molar-refractivity contribution is -0.145. The van der Waals surface area contributed by atoms with E-state index in [1.54, 1.807) is 27.0 Å². The van der Waals surface area contributed by atoms with Gasteiger partial charge in [-0.2, -0.15) is 0 Å². The van der Waals surface area contributed by atoms with Crippen LogP contribution in [0.25, 0.3) is 0 Å². The fourth-order valence-electron chi connectivity index (χ4n) is 1.85. The number of esters is 1. The molecule has 0 spiro atoms. The van der Waals surface area contributed by atoms with Gasteiger partial charge >= 0.3 is 5.97 Å². The lowest BCUT2D eigenvalue weighted by Crippen LogP contribution is -2.34. The van der Waals surface area contributed by atoms with Crippen molar-refractivity contribution >= 4 is 11.9 Å². The number of ether oxygens (including phenoxy) is 1. The number of rotatable bonds is 4. The normalized spacial score (nSPS) is 11.8. The van der Waals surface area contributed by atoms with E-state index < -0.39 is 11.7 Å². The molecule has 1 rings (SSSR count). The molecular weight excluding hydrogens is 249 g/mol. The van der Waals surface area contributed by atoms with Gasteiger partial charge in [0.1, 0.15) is 5.82 Å². The fraction of sp³-hybridized carbons (Fsp3) is 0.429. The maximum atomic E-state index is 13.3. The number of benzene rings is 1. The summed E-state index contributed by atoms with van der Waals surface area (Å²) in [5.41, 5.74) is 0.954. The summed E-state index contributed by atoms with van der Waals surface area (Å²) in [7, 11) is 2.87. The Morgan fingerprint density at radius 2 is 2.00 bits per heavy atom. The fourth-order valence-corrected chi connectivity index (χ4v) is 1.85. The second kappa shape index (κ2) is 6.31. The van der Waals surface area contributed by atoms with Crippen LogP contribution in [0.2, 0.25) is 0 Å². The molecule has 1 unspecified atom stereocenters. The minimum atomic E-state index is -0.447. The number of carbonyl (C=O) groups is 2. The zero-order valence-electron chi connectivity index (χ0n) is 11.6. The standard InChI is InChI=1S/C14H18FNO3/c1-9-5-11(7-12(15)6-9)13(17)16(3)8-10(2)14(18)19-4/h5-7,10H,8H2,1-4H3. The molecule has 0 aliphatic rings. The first kappa shape index (κ1) is 15.1. The summed E-state index contributed by atoms with van der Waals surface area (Å²) < 4.78 is 17.9. The van der Waals surface area contributed by atoms with Crippen molar-refractivity contribution in [3.05, 3.63) is 35.1 Å². The second-order valence-electron chi connectivity index (χ2n) is 4.63. The third-order valence-electron chi connectivity index (χ3n) is 2.79. The van der Waals surface area contributed by atoms with Gasteiger partial charge in [-0.25, -0.2) is 4.39 Å². The summed E-state index contributed by atoms with van der Waals surface area (Å²) in [6, 6.07) is 4.16. The van der Waals surface area contributed by atoms with Crippen molar-refractivity contribution in [2.24, 2.45) is 5.92 Å². The minimum Gasteiger partial charge on any atom is -0.469 e. The molecule has 0 fully saturated rings. The number of methoxy groups -OCH3 is 1. The van der Waals surface area contributed by atoms with Crippen molar-refractivity contribution in [3.63, 3.8) is 0 Å². The van der Waals surface area contributed by atoms with Gasteiger partial charge in [0.15, 0.2) is 0 Å².